The van der Waals surface area contributed by atoms with E-state index < -0.39 is 0 Å². The standard InChI is InChI=1S/C11H21N3O.ClH/c1-12-9-11(15)14-7-5-13(6-8-14)10-3-2-4-10;/h10,12H,2-9H2,1H3;1H. The van der Waals surface area contributed by atoms with Gasteiger partial charge in [0, 0.05) is 32.2 Å². The fraction of sp³-hybridized carbons (Fsp3) is 0.909. The lowest BCUT2D eigenvalue weighted by atomic mass is 9.91. The number of halogens is 1. The van der Waals surface area contributed by atoms with Gasteiger partial charge < -0.3 is 10.2 Å². The number of nitrogens with zero attached hydrogens (tertiary/aromatic N) is 2. The zero-order valence-corrected chi connectivity index (χ0v) is 10.8. The first-order valence-electron chi connectivity index (χ1n) is 5.97. The molecule has 94 valence electrons. The summed E-state index contributed by atoms with van der Waals surface area (Å²) in [5.41, 5.74) is 0. The van der Waals surface area contributed by atoms with E-state index in [4.69, 9.17) is 0 Å². The molecule has 0 spiro atoms. The summed E-state index contributed by atoms with van der Waals surface area (Å²) >= 11 is 0. The quantitative estimate of drug-likeness (QED) is 0.781. The third-order valence-corrected chi connectivity index (χ3v) is 3.59. The molecule has 0 aromatic carbocycles. The van der Waals surface area contributed by atoms with Crippen molar-refractivity contribution in [2.24, 2.45) is 0 Å². The molecule has 16 heavy (non-hydrogen) atoms. The normalized spacial score (nSPS) is 22.4. The molecule has 1 N–H and O–H groups in total. The van der Waals surface area contributed by atoms with Gasteiger partial charge in [0.1, 0.15) is 0 Å². The van der Waals surface area contributed by atoms with Crippen molar-refractivity contribution in [1.29, 1.82) is 0 Å². The fourth-order valence-corrected chi connectivity index (χ4v) is 2.35. The maximum Gasteiger partial charge on any atom is 0.236 e. The molecule has 1 aliphatic carbocycles. The van der Waals surface area contributed by atoms with Crippen molar-refractivity contribution in [1.82, 2.24) is 15.1 Å². The summed E-state index contributed by atoms with van der Waals surface area (Å²) < 4.78 is 0. The minimum atomic E-state index is 0. The van der Waals surface area contributed by atoms with Crippen molar-refractivity contribution in [2.75, 3.05) is 39.8 Å². The number of likely N-dealkylation sites (N-methyl/N-ethyl adjacent to an activating group) is 1. The van der Waals surface area contributed by atoms with Crippen LogP contribution in [0, 0.1) is 0 Å². The van der Waals surface area contributed by atoms with Crippen molar-refractivity contribution >= 4 is 18.3 Å². The monoisotopic (exact) mass is 247 g/mol. The van der Waals surface area contributed by atoms with Gasteiger partial charge in [-0.2, -0.15) is 0 Å². The Morgan fingerprint density at radius 2 is 1.88 bits per heavy atom. The van der Waals surface area contributed by atoms with Crippen LogP contribution in [0.2, 0.25) is 0 Å². The van der Waals surface area contributed by atoms with Gasteiger partial charge in [-0.15, -0.1) is 12.4 Å². The molecule has 1 saturated carbocycles. The van der Waals surface area contributed by atoms with Crippen LogP contribution >= 0.6 is 12.4 Å². The average molecular weight is 248 g/mol. The summed E-state index contributed by atoms with van der Waals surface area (Å²) in [6, 6.07) is 0.826. The van der Waals surface area contributed by atoms with Crippen LogP contribution in [0.3, 0.4) is 0 Å². The predicted molar refractivity (Wildman–Crippen MR) is 67.0 cm³/mol. The minimum Gasteiger partial charge on any atom is -0.339 e. The number of carbonyl (C=O) groups is 1. The van der Waals surface area contributed by atoms with Crippen LogP contribution in [-0.4, -0.2) is 61.5 Å². The number of carbonyl (C=O) groups excluding carboxylic acids is 1. The van der Waals surface area contributed by atoms with Crippen LogP contribution in [0.4, 0.5) is 0 Å². The summed E-state index contributed by atoms with van der Waals surface area (Å²) in [6.07, 6.45) is 4.12. The molecule has 4 nitrogen and oxygen atoms in total. The molecule has 1 saturated heterocycles. The third-order valence-electron chi connectivity index (χ3n) is 3.59. The van der Waals surface area contributed by atoms with Crippen molar-refractivity contribution in [3.05, 3.63) is 0 Å². The van der Waals surface area contributed by atoms with Gasteiger partial charge in [-0.25, -0.2) is 0 Å². The maximum atomic E-state index is 11.6. The van der Waals surface area contributed by atoms with E-state index in [1.54, 1.807) is 0 Å². The van der Waals surface area contributed by atoms with Gasteiger partial charge >= 0.3 is 0 Å². The Morgan fingerprint density at radius 3 is 2.31 bits per heavy atom. The molecule has 0 radical (unpaired) electrons. The van der Waals surface area contributed by atoms with Crippen LogP contribution in [0.15, 0.2) is 0 Å². The van der Waals surface area contributed by atoms with Crippen molar-refractivity contribution in [3.8, 4) is 0 Å². The second-order valence-electron chi connectivity index (χ2n) is 4.53. The van der Waals surface area contributed by atoms with Crippen molar-refractivity contribution < 1.29 is 4.79 Å². The summed E-state index contributed by atoms with van der Waals surface area (Å²) in [6.45, 7) is 4.44. The molecule has 1 aliphatic heterocycles. The highest BCUT2D eigenvalue weighted by atomic mass is 35.5. The van der Waals surface area contributed by atoms with Crippen LogP contribution < -0.4 is 5.32 Å². The Balaban J connectivity index is 0.00000128. The molecule has 2 fully saturated rings. The first-order valence-corrected chi connectivity index (χ1v) is 5.97. The van der Waals surface area contributed by atoms with E-state index in [2.05, 4.69) is 10.2 Å². The highest BCUT2D eigenvalue weighted by Gasteiger charge is 2.28. The fourth-order valence-electron chi connectivity index (χ4n) is 2.35. The van der Waals surface area contributed by atoms with Gasteiger partial charge in [0.2, 0.25) is 5.91 Å². The molecule has 2 rings (SSSR count). The topological polar surface area (TPSA) is 35.6 Å². The molecular weight excluding hydrogens is 226 g/mol. The van der Waals surface area contributed by atoms with E-state index >= 15 is 0 Å². The Bertz CT molecular complexity index is 225. The zero-order valence-electron chi connectivity index (χ0n) is 9.95. The van der Waals surface area contributed by atoms with E-state index in [1.165, 1.54) is 19.3 Å². The number of nitrogens with one attached hydrogen (secondary N) is 1. The van der Waals surface area contributed by atoms with Gasteiger partial charge in [-0.1, -0.05) is 6.42 Å². The number of hydrogen-bond acceptors (Lipinski definition) is 3. The SMILES string of the molecule is CNCC(=O)N1CCN(C2CCC2)CC1.Cl. The van der Waals surface area contributed by atoms with Crippen LogP contribution in [-0.2, 0) is 4.79 Å². The average Bonchev–Trinajstić information content (AvgIpc) is 2.16. The first kappa shape index (κ1) is 13.7. The molecule has 0 atom stereocenters. The lowest BCUT2D eigenvalue weighted by molar-refractivity contribution is -0.132. The Kier molecular flexibility index (Phi) is 5.52. The summed E-state index contributed by atoms with van der Waals surface area (Å²) in [5, 5.41) is 2.92. The molecule has 0 aromatic heterocycles. The molecule has 1 amide bonds. The van der Waals surface area contributed by atoms with Gasteiger partial charge in [0.05, 0.1) is 6.54 Å². The summed E-state index contributed by atoms with van der Waals surface area (Å²) in [7, 11) is 1.82. The molecule has 2 aliphatic rings. The molecule has 0 bridgehead atoms. The second-order valence-corrected chi connectivity index (χ2v) is 4.53. The lowest BCUT2D eigenvalue weighted by Crippen LogP contribution is -2.54. The van der Waals surface area contributed by atoms with Gasteiger partial charge in [0.25, 0.3) is 0 Å². The molecule has 5 heteroatoms. The molecule has 0 unspecified atom stereocenters. The highest BCUT2D eigenvalue weighted by Crippen LogP contribution is 2.25. The highest BCUT2D eigenvalue weighted by molar-refractivity contribution is 5.85. The van der Waals surface area contributed by atoms with Crippen molar-refractivity contribution in [3.63, 3.8) is 0 Å². The van der Waals surface area contributed by atoms with E-state index in [-0.39, 0.29) is 18.3 Å². The lowest BCUT2D eigenvalue weighted by Gasteiger charge is -2.42. The van der Waals surface area contributed by atoms with Gasteiger partial charge in [-0.3, -0.25) is 9.69 Å². The number of rotatable bonds is 3. The van der Waals surface area contributed by atoms with Gasteiger partial charge in [-0.05, 0) is 19.9 Å². The number of piperazine rings is 1. The smallest absolute Gasteiger partial charge is 0.236 e. The van der Waals surface area contributed by atoms with Crippen LogP contribution in [0.1, 0.15) is 19.3 Å². The third kappa shape index (κ3) is 3.09. The second kappa shape index (κ2) is 6.42. The van der Waals surface area contributed by atoms with Crippen molar-refractivity contribution in [2.45, 2.75) is 25.3 Å². The van der Waals surface area contributed by atoms with E-state index in [1.807, 2.05) is 11.9 Å². The minimum absolute atomic E-state index is 0. The largest absolute Gasteiger partial charge is 0.339 e. The number of amides is 1. The molecular formula is C11H22ClN3O. The van der Waals surface area contributed by atoms with E-state index in [9.17, 15) is 4.79 Å². The Labute approximate surface area is 104 Å². The molecule has 0 aromatic rings. The maximum absolute atomic E-state index is 11.6. The zero-order chi connectivity index (χ0) is 10.7. The predicted octanol–water partition coefficient (Wildman–Crippen LogP) is 0.324. The summed E-state index contributed by atoms with van der Waals surface area (Å²) in [4.78, 5) is 16.1. The summed E-state index contributed by atoms with van der Waals surface area (Å²) in [5.74, 6) is 0.241. The number of hydrogen-bond donors (Lipinski definition) is 1. The molecule has 1 heterocycles. The van der Waals surface area contributed by atoms with E-state index in [0.717, 1.165) is 32.2 Å². The van der Waals surface area contributed by atoms with Gasteiger partial charge in [0.15, 0.2) is 0 Å². The first-order chi connectivity index (χ1) is 7.31. The van der Waals surface area contributed by atoms with Crippen LogP contribution in [0.25, 0.3) is 0 Å². The Morgan fingerprint density at radius 1 is 1.25 bits per heavy atom. The van der Waals surface area contributed by atoms with Crippen LogP contribution in [0.5, 0.6) is 0 Å². The Hall–Kier alpha value is -0.320. The van der Waals surface area contributed by atoms with E-state index in [0.29, 0.717) is 6.54 Å².